The zero-order valence-corrected chi connectivity index (χ0v) is 15.2. The SMILES string of the molecule is COc1cccc(-c2n[nH]c3c2CN(C(=O)NCc2ccccc2)CC3)c1. The van der Waals surface area contributed by atoms with Crippen LogP contribution in [0, 0.1) is 0 Å². The molecule has 0 saturated carbocycles. The standard InChI is InChI=1S/C21H22N4O2/c1-27-17-9-5-8-16(12-17)20-18-14-25(11-10-19(18)23-24-20)21(26)22-13-15-6-3-2-4-7-15/h2-9,12H,10-11,13-14H2,1H3,(H,22,26)(H,23,24). The molecule has 1 aliphatic rings. The van der Waals surface area contributed by atoms with Gasteiger partial charge in [0.25, 0.3) is 0 Å². The first-order valence-corrected chi connectivity index (χ1v) is 9.02. The highest BCUT2D eigenvalue weighted by Crippen LogP contribution is 2.30. The maximum absolute atomic E-state index is 12.6. The minimum absolute atomic E-state index is 0.0534. The lowest BCUT2D eigenvalue weighted by atomic mass is 10.0. The summed E-state index contributed by atoms with van der Waals surface area (Å²) in [6.45, 7) is 1.74. The number of hydrogen-bond acceptors (Lipinski definition) is 3. The van der Waals surface area contributed by atoms with Crippen molar-refractivity contribution in [1.82, 2.24) is 20.4 Å². The average molecular weight is 362 g/mol. The van der Waals surface area contributed by atoms with Crippen molar-refractivity contribution in [2.45, 2.75) is 19.5 Å². The number of rotatable bonds is 4. The minimum Gasteiger partial charge on any atom is -0.497 e. The molecule has 1 aliphatic heterocycles. The number of methoxy groups -OCH3 is 1. The van der Waals surface area contributed by atoms with E-state index in [9.17, 15) is 4.79 Å². The van der Waals surface area contributed by atoms with E-state index in [1.165, 1.54) is 0 Å². The molecule has 2 aromatic carbocycles. The summed E-state index contributed by atoms with van der Waals surface area (Å²) >= 11 is 0. The third-order valence-electron chi connectivity index (χ3n) is 4.85. The summed E-state index contributed by atoms with van der Waals surface area (Å²) in [5.74, 6) is 0.789. The van der Waals surface area contributed by atoms with Crippen LogP contribution in [0.3, 0.4) is 0 Å². The number of aromatic nitrogens is 2. The van der Waals surface area contributed by atoms with E-state index in [0.717, 1.165) is 40.2 Å². The Kier molecular flexibility index (Phi) is 4.78. The Labute approximate surface area is 158 Å². The van der Waals surface area contributed by atoms with E-state index in [4.69, 9.17) is 4.74 Å². The van der Waals surface area contributed by atoms with Gasteiger partial charge in [0.1, 0.15) is 5.75 Å². The van der Waals surface area contributed by atoms with Gasteiger partial charge in [0.05, 0.1) is 19.3 Å². The van der Waals surface area contributed by atoms with Crippen molar-refractivity contribution in [2.75, 3.05) is 13.7 Å². The predicted molar refractivity (Wildman–Crippen MR) is 103 cm³/mol. The number of urea groups is 1. The van der Waals surface area contributed by atoms with Gasteiger partial charge in [-0.1, -0.05) is 42.5 Å². The molecule has 0 fully saturated rings. The largest absolute Gasteiger partial charge is 0.497 e. The van der Waals surface area contributed by atoms with Crippen LogP contribution < -0.4 is 10.1 Å². The maximum atomic E-state index is 12.6. The summed E-state index contributed by atoms with van der Waals surface area (Å²) in [5.41, 5.74) is 5.12. The predicted octanol–water partition coefficient (Wildman–Crippen LogP) is 3.35. The number of ether oxygens (including phenoxy) is 1. The molecule has 6 nitrogen and oxygen atoms in total. The first-order valence-electron chi connectivity index (χ1n) is 9.02. The molecule has 0 aliphatic carbocycles. The van der Waals surface area contributed by atoms with Crippen LogP contribution in [0.1, 0.15) is 16.8 Å². The van der Waals surface area contributed by atoms with Crippen LogP contribution in [0.4, 0.5) is 4.79 Å². The van der Waals surface area contributed by atoms with E-state index in [-0.39, 0.29) is 6.03 Å². The smallest absolute Gasteiger partial charge is 0.317 e. The van der Waals surface area contributed by atoms with Crippen LogP contribution >= 0.6 is 0 Å². The van der Waals surface area contributed by atoms with Crippen molar-refractivity contribution in [3.63, 3.8) is 0 Å². The number of nitrogens with one attached hydrogen (secondary N) is 2. The van der Waals surface area contributed by atoms with Crippen LogP contribution in [-0.4, -0.2) is 34.8 Å². The highest BCUT2D eigenvalue weighted by Gasteiger charge is 2.25. The lowest BCUT2D eigenvalue weighted by Gasteiger charge is -2.27. The van der Waals surface area contributed by atoms with Gasteiger partial charge in [-0.3, -0.25) is 5.10 Å². The Morgan fingerprint density at radius 3 is 2.89 bits per heavy atom. The summed E-state index contributed by atoms with van der Waals surface area (Å²) in [4.78, 5) is 14.5. The summed E-state index contributed by atoms with van der Waals surface area (Å²) in [7, 11) is 1.65. The second-order valence-corrected chi connectivity index (χ2v) is 6.58. The first kappa shape index (κ1) is 17.1. The Morgan fingerprint density at radius 2 is 2.07 bits per heavy atom. The Bertz CT molecular complexity index is 936. The van der Waals surface area contributed by atoms with E-state index >= 15 is 0 Å². The topological polar surface area (TPSA) is 70.2 Å². The zero-order chi connectivity index (χ0) is 18.6. The number of fused-ring (bicyclic) bond motifs is 1. The zero-order valence-electron chi connectivity index (χ0n) is 15.2. The Balaban J connectivity index is 1.49. The van der Waals surface area contributed by atoms with Crippen LogP contribution in [-0.2, 0) is 19.5 Å². The quantitative estimate of drug-likeness (QED) is 0.748. The van der Waals surface area contributed by atoms with Crippen molar-refractivity contribution in [1.29, 1.82) is 0 Å². The third-order valence-corrected chi connectivity index (χ3v) is 4.85. The molecule has 0 spiro atoms. The van der Waals surface area contributed by atoms with Gasteiger partial charge < -0.3 is 15.0 Å². The molecule has 6 heteroatoms. The monoisotopic (exact) mass is 362 g/mol. The maximum Gasteiger partial charge on any atom is 0.317 e. The molecule has 2 N–H and O–H groups in total. The van der Waals surface area contributed by atoms with Gasteiger partial charge in [-0.15, -0.1) is 0 Å². The average Bonchev–Trinajstić information content (AvgIpc) is 3.16. The molecule has 138 valence electrons. The lowest BCUT2D eigenvalue weighted by Crippen LogP contribution is -2.42. The fraction of sp³-hybridized carbons (Fsp3) is 0.238. The summed E-state index contributed by atoms with van der Waals surface area (Å²) in [5, 5.41) is 10.6. The number of carbonyl (C=O) groups is 1. The second-order valence-electron chi connectivity index (χ2n) is 6.58. The Hall–Kier alpha value is -3.28. The molecule has 0 radical (unpaired) electrons. The van der Waals surface area contributed by atoms with Gasteiger partial charge in [0.2, 0.25) is 0 Å². The molecule has 27 heavy (non-hydrogen) atoms. The highest BCUT2D eigenvalue weighted by atomic mass is 16.5. The van der Waals surface area contributed by atoms with E-state index in [2.05, 4.69) is 15.5 Å². The molecule has 0 saturated heterocycles. The number of carbonyl (C=O) groups excluding carboxylic acids is 1. The molecule has 3 aromatic rings. The van der Waals surface area contributed by atoms with Gasteiger partial charge in [-0.05, 0) is 17.7 Å². The molecule has 2 amide bonds. The highest BCUT2D eigenvalue weighted by molar-refractivity contribution is 5.75. The van der Waals surface area contributed by atoms with E-state index in [1.54, 1.807) is 7.11 Å². The number of nitrogens with zero attached hydrogens (tertiary/aromatic N) is 2. The van der Waals surface area contributed by atoms with Gasteiger partial charge in [-0.25, -0.2) is 4.79 Å². The Morgan fingerprint density at radius 1 is 1.22 bits per heavy atom. The van der Waals surface area contributed by atoms with Crippen molar-refractivity contribution < 1.29 is 9.53 Å². The first-order chi connectivity index (χ1) is 13.2. The molecule has 0 atom stereocenters. The van der Waals surface area contributed by atoms with Crippen molar-refractivity contribution >= 4 is 6.03 Å². The minimum atomic E-state index is -0.0534. The van der Waals surface area contributed by atoms with Crippen molar-refractivity contribution in [3.05, 3.63) is 71.4 Å². The molecule has 4 rings (SSSR count). The molecule has 0 unspecified atom stereocenters. The molecule has 0 bridgehead atoms. The summed E-state index contributed by atoms with van der Waals surface area (Å²) in [6.07, 6.45) is 0.769. The molecular weight excluding hydrogens is 340 g/mol. The number of aromatic amines is 1. The molecular formula is C21H22N4O2. The fourth-order valence-electron chi connectivity index (χ4n) is 3.36. The lowest BCUT2D eigenvalue weighted by molar-refractivity contribution is 0.192. The van der Waals surface area contributed by atoms with Crippen LogP contribution in [0.25, 0.3) is 11.3 Å². The number of H-pyrrole nitrogens is 1. The van der Waals surface area contributed by atoms with E-state index < -0.39 is 0 Å². The third kappa shape index (κ3) is 3.65. The van der Waals surface area contributed by atoms with Gasteiger partial charge in [0, 0.05) is 36.3 Å². The summed E-state index contributed by atoms with van der Waals surface area (Å²) < 4.78 is 5.32. The molecule has 2 heterocycles. The van der Waals surface area contributed by atoms with Gasteiger partial charge in [-0.2, -0.15) is 5.10 Å². The van der Waals surface area contributed by atoms with Crippen LogP contribution in [0.5, 0.6) is 5.75 Å². The number of hydrogen-bond donors (Lipinski definition) is 2. The fourth-order valence-corrected chi connectivity index (χ4v) is 3.36. The molecule has 1 aromatic heterocycles. The number of benzene rings is 2. The van der Waals surface area contributed by atoms with Gasteiger partial charge in [0.15, 0.2) is 0 Å². The number of amides is 2. The van der Waals surface area contributed by atoms with Crippen LogP contribution in [0.15, 0.2) is 54.6 Å². The van der Waals surface area contributed by atoms with Crippen molar-refractivity contribution in [2.24, 2.45) is 0 Å². The van der Waals surface area contributed by atoms with Crippen LogP contribution in [0.2, 0.25) is 0 Å². The van der Waals surface area contributed by atoms with E-state index in [1.807, 2.05) is 59.5 Å². The van der Waals surface area contributed by atoms with Crippen molar-refractivity contribution in [3.8, 4) is 17.0 Å². The second kappa shape index (κ2) is 7.53. The van der Waals surface area contributed by atoms with E-state index in [0.29, 0.717) is 19.6 Å². The normalized spacial score (nSPS) is 13.1. The summed E-state index contributed by atoms with van der Waals surface area (Å²) in [6, 6.07) is 17.7. The van der Waals surface area contributed by atoms with Gasteiger partial charge >= 0.3 is 6.03 Å².